The second-order valence-corrected chi connectivity index (χ2v) is 4.55. The van der Waals surface area contributed by atoms with Gasteiger partial charge >= 0.3 is 0 Å². The first-order valence-corrected chi connectivity index (χ1v) is 6.81. The second kappa shape index (κ2) is 5.82. The van der Waals surface area contributed by atoms with Gasteiger partial charge in [0.15, 0.2) is 5.17 Å². The average molecular weight is 249 g/mol. The number of aromatic nitrogens is 1. The normalized spacial score (nSPS) is 14.9. The minimum Gasteiger partial charge on any atom is -0.290 e. The Bertz CT molecular complexity index is 419. The summed E-state index contributed by atoms with van der Waals surface area (Å²) in [6.45, 7) is 1.46. The van der Waals surface area contributed by atoms with Gasteiger partial charge in [0.1, 0.15) is 0 Å². The number of carbonyl (C=O) groups is 1. The highest BCUT2D eigenvalue weighted by Gasteiger charge is 2.22. The zero-order valence-corrected chi connectivity index (χ0v) is 10.6. The summed E-state index contributed by atoms with van der Waals surface area (Å²) >= 11 is 1.53. The van der Waals surface area contributed by atoms with Crippen LogP contribution in [0.2, 0.25) is 0 Å². The molecule has 5 heteroatoms. The molecule has 1 aromatic heterocycles. The third kappa shape index (κ3) is 3.06. The zero-order valence-electron chi connectivity index (χ0n) is 9.80. The van der Waals surface area contributed by atoms with Gasteiger partial charge in [0.25, 0.3) is 0 Å². The molecule has 0 saturated heterocycles. The number of nitrogens with zero attached hydrogens (tertiary/aromatic N) is 3. The Hall–Kier alpha value is -1.36. The molecule has 4 nitrogen and oxygen atoms in total. The smallest absolute Gasteiger partial charge is 0.228 e. The lowest BCUT2D eigenvalue weighted by molar-refractivity contribution is -0.126. The highest BCUT2D eigenvalue weighted by atomic mass is 32.2. The van der Waals surface area contributed by atoms with Gasteiger partial charge in [0.05, 0.1) is 6.54 Å². The van der Waals surface area contributed by atoms with Crippen LogP contribution in [-0.2, 0) is 11.2 Å². The van der Waals surface area contributed by atoms with Crippen molar-refractivity contribution in [1.29, 1.82) is 0 Å². The molecule has 0 atom stereocenters. The van der Waals surface area contributed by atoms with Crippen molar-refractivity contribution in [2.75, 3.05) is 19.3 Å². The van der Waals surface area contributed by atoms with Gasteiger partial charge in [0.2, 0.25) is 5.91 Å². The van der Waals surface area contributed by atoms with Crippen molar-refractivity contribution in [3.8, 4) is 0 Å². The van der Waals surface area contributed by atoms with E-state index in [1.807, 2.05) is 18.4 Å². The number of hydrogen-bond acceptors (Lipinski definition) is 4. The number of aryl methyl sites for hydroxylation is 1. The number of amides is 1. The van der Waals surface area contributed by atoms with E-state index >= 15 is 0 Å². The van der Waals surface area contributed by atoms with Gasteiger partial charge in [-0.3, -0.25) is 19.7 Å². The van der Waals surface area contributed by atoms with Gasteiger partial charge in [-0.05, 0) is 24.3 Å². The van der Waals surface area contributed by atoms with E-state index in [0.717, 1.165) is 30.2 Å². The largest absolute Gasteiger partial charge is 0.290 e. The van der Waals surface area contributed by atoms with Crippen LogP contribution in [0, 0.1) is 0 Å². The maximum Gasteiger partial charge on any atom is 0.228 e. The van der Waals surface area contributed by atoms with Crippen LogP contribution < -0.4 is 0 Å². The van der Waals surface area contributed by atoms with Crippen LogP contribution in [0.15, 0.2) is 29.5 Å². The van der Waals surface area contributed by atoms with E-state index in [1.54, 1.807) is 17.3 Å². The zero-order chi connectivity index (χ0) is 12.1. The Balaban J connectivity index is 1.88. The molecule has 17 heavy (non-hydrogen) atoms. The SMILES string of the molecule is CSC1=NCCN1C(=O)CCc1cccnc1. The topological polar surface area (TPSA) is 45.6 Å². The van der Waals surface area contributed by atoms with Gasteiger partial charge < -0.3 is 0 Å². The van der Waals surface area contributed by atoms with E-state index in [9.17, 15) is 4.79 Å². The maximum absolute atomic E-state index is 12.0. The average Bonchev–Trinajstić information content (AvgIpc) is 2.85. The molecule has 0 aromatic carbocycles. The van der Waals surface area contributed by atoms with Crippen molar-refractivity contribution >= 4 is 22.8 Å². The van der Waals surface area contributed by atoms with Crippen LogP contribution in [0.4, 0.5) is 0 Å². The van der Waals surface area contributed by atoms with Crippen molar-refractivity contribution in [3.63, 3.8) is 0 Å². The summed E-state index contributed by atoms with van der Waals surface area (Å²) in [5.74, 6) is 0.152. The van der Waals surface area contributed by atoms with Gasteiger partial charge in [-0.1, -0.05) is 17.8 Å². The molecule has 0 unspecified atom stereocenters. The summed E-state index contributed by atoms with van der Waals surface area (Å²) in [5.41, 5.74) is 1.10. The fourth-order valence-corrected chi connectivity index (χ4v) is 2.40. The Morgan fingerprint density at radius 1 is 1.59 bits per heavy atom. The van der Waals surface area contributed by atoms with Crippen molar-refractivity contribution in [2.45, 2.75) is 12.8 Å². The lowest BCUT2D eigenvalue weighted by atomic mass is 10.1. The Kier molecular flexibility index (Phi) is 4.14. The quantitative estimate of drug-likeness (QED) is 0.817. The van der Waals surface area contributed by atoms with Gasteiger partial charge in [-0.25, -0.2) is 0 Å². The number of rotatable bonds is 3. The first-order chi connectivity index (χ1) is 8.31. The molecular formula is C12H15N3OS. The molecule has 90 valence electrons. The fraction of sp³-hybridized carbons (Fsp3) is 0.417. The molecule has 1 aliphatic rings. The van der Waals surface area contributed by atoms with Crippen LogP contribution in [0.5, 0.6) is 0 Å². The monoisotopic (exact) mass is 249 g/mol. The second-order valence-electron chi connectivity index (χ2n) is 3.78. The molecule has 0 bridgehead atoms. The van der Waals surface area contributed by atoms with Gasteiger partial charge in [-0.2, -0.15) is 0 Å². The molecule has 0 spiro atoms. The molecule has 1 amide bonds. The van der Waals surface area contributed by atoms with E-state index in [2.05, 4.69) is 9.98 Å². The predicted octanol–water partition coefficient (Wildman–Crippen LogP) is 1.58. The minimum absolute atomic E-state index is 0.152. The van der Waals surface area contributed by atoms with Crippen LogP contribution in [0.3, 0.4) is 0 Å². The van der Waals surface area contributed by atoms with Gasteiger partial charge in [0, 0.05) is 25.4 Å². The Labute approximate surface area is 105 Å². The maximum atomic E-state index is 12.0. The van der Waals surface area contributed by atoms with E-state index in [-0.39, 0.29) is 5.91 Å². The molecule has 0 saturated carbocycles. The predicted molar refractivity (Wildman–Crippen MR) is 70.1 cm³/mol. The summed E-state index contributed by atoms with van der Waals surface area (Å²) in [4.78, 5) is 22.1. The third-order valence-corrected chi connectivity index (χ3v) is 3.35. The number of hydrogen-bond donors (Lipinski definition) is 0. The van der Waals surface area contributed by atoms with Crippen molar-refractivity contribution in [3.05, 3.63) is 30.1 Å². The first kappa shape index (κ1) is 12.1. The highest BCUT2D eigenvalue weighted by Crippen LogP contribution is 2.13. The summed E-state index contributed by atoms with van der Waals surface area (Å²) in [5, 5.41) is 0.848. The number of aliphatic imine (C=N–C) groups is 1. The molecule has 0 N–H and O–H groups in total. The van der Waals surface area contributed by atoms with Crippen molar-refractivity contribution < 1.29 is 4.79 Å². The minimum atomic E-state index is 0.152. The van der Waals surface area contributed by atoms with Crippen LogP contribution in [0.1, 0.15) is 12.0 Å². The van der Waals surface area contributed by atoms with Crippen LogP contribution >= 0.6 is 11.8 Å². The number of pyridine rings is 1. The summed E-state index contributed by atoms with van der Waals surface area (Å²) < 4.78 is 0. The summed E-state index contributed by atoms with van der Waals surface area (Å²) in [7, 11) is 0. The molecule has 0 fully saturated rings. The van der Waals surface area contributed by atoms with Crippen LogP contribution in [0.25, 0.3) is 0 Å². The Morgan fingerprint density at radius 2 is 2.47 bits per heavy atom. The van der Waals surface area contributed by atoms with E-state index < -0.39 is 0 Å². The van der Waals surface area contributed by atoms with E-state index in [1.165, 1.54) is 11.8 Å². The first-order valence-electron chi connectivity index (χ1n) is 5.59. The van der Waals surface area contributed by atoms with Gasteiger partial charge in [-0.15, -0.1) is 0 Å². The molecule has 2 heterocycles. The van der Waals surface area contributed by atoms with E-state index in [4.69, 9.17) is 0 Å². The van der Waals surface area contributed by atoms with Crippen molar-refractivity contribution in [2.24, 2.45) is 4.99 Å². The Morgan fingerprint density at radius 3 is 3.18 bits per heavy atom. The molecular weight excluding hydrogens is 234 g/mol. The number of carbonyl (C=O) groups excluding carboxylic acids is 1. The molecule has 0 radical (unpaired) electrons. The lowest BCUT2D eigenvalue weighted by Gasteiger charge is -2.16. The van der Waals surface area contributed by atoms with Crippen LogP contribution in [-0.4, -0.2) is 40.3 Å². The summed E-state index contributed by atoms with van der Waals surface area (Å²) in [6, 6.07) is 3.89. The lowest BCUT2D eigenvalue weighted by Crippen LogP contribution is -2.32. The highest BCUT2D eigenvalue weighted by molar-refractivity contribution is 8.13. The fourth-order valence-electron chi connectivity index (χ4n) is 1.76. The molecule has 1 aliphatic heterocycles. The van der Waals surface area contributed by atoms with Crippen molar-refractivity contribution in [1.82, 2.24) is 9.88 Å². The third-order valence-electron chi connectivity index (χ3n) is 2.64. The standard InChI is InChI=1S/C12H15N3OS/c1-17-12-14-7-8-15(12)11(16)5-4-10-3-2-6-13-9-10/h2-3,6,9H,4-5,7-8H2,1H3. The number of amidine groups is 1. The molecule has 1 aromatic rings. The molecule has 2 rings (SSSR count). The summed E-state index contributed by atoms with van der Waals surface area (Å²) in [6.07, 6.45) is 6.76. The number of thioether (sulfide) groups is 1. The van der Waals surface area contributed by atoms with E-state index in [0.29, 0.717) is 6.42 Å². The molecule has 0 aliphatic carbocycles.